The number of hydrogen-bond donors (Lipinski definition) is 1. The highest BCUT2D eigenvalue weighted by molar-refractivity contribution is 5.24. The lowest BCUT2D eigenvalue weighted by atomic mass is 10.5. The number of nitrogens with zero attached hydrogens (tertiary/aromatic N) is 3. The maximum Gasteiger partial charge on any atom is 0.330 e. The molecule has 0 spiro atoms. The van der Waals surface area contributed by atoms with E-state index in [4.69, 9.17) is 4.74 Å². The SMILES string of the molecule is COCCn1cc(-n2cc[nH]c2=O)cn1. The smallest absolute Gasteiger partial charge is 0.330 e. The zero-order valence-electron chi connectivity index (χ0n) is 8.38. The molecule has 6 heteroatoms. The van der Waals surface area contributed by atoms with E-state index in [9.17, 15) is 4.79 Å². The van der Waals surface area contributed by atoms with Crippen LogP contribution in [0.15, 0.2) is 29.6 Å². The molecule has 0 saturated carbocycles. The van der Waals surface area contributed by atoms with E-state index in [2.05, 4.69) is 10.1 Å². The Hall–Kier alpha value is -1.82. The quantitative estimate of drug-likeness (QED) is 0.769. The number of methoxy groups -OCH3 is 1. The Kier molecular flexibility index (Phi) is 2.68. The zero-order chi connectivity index (χ0) is 10.7. The summed E-state index contributed by atoms with van der Waals surface area (Å²) in [5.41, 5.74) is 0.582. The number of aromatic amines is 1. The summed E-state index contributed by atoms with van der Waals surface area (Å²) < 4.78 is 8.16. The molecule has 6 nitrogen and oxygen atoms in total. The van der Waals surface area contributed by atoms with Crippen molar-refractivity contribution in [3.05, 3.63) is 35.3 Å². The molecule has 15 heavy (non-hydrogen) atoms. The lowest BCUT2D eigenvalue weighted by Gasteiger charge is -1.98. The number of imidazole rings is 1. The van der Waals surface area contributed by atoms with E-state index < -0.39 is 0 Å². The maximum absolute atomic E-state index is 11.3. The molecule has 0 unspecified atom stereocenters. The predicted molar refractivity (Wildman–Crippen MR) is 54.1 cm³/mol. The summed E-state index contributed by atoms with van der Waals surface area (Å²) in [5.74, 6) is 0. The molecular weight excluding hydrogens is 196 g/mol. The van der Waals surface area contributed by atoms with Gasteiger partial charge in [0.15, 0.2) is 0 Å². The number of nitrogens with one attached hydrogen (secondary N) is 1. The van der Waals surface area contributed by atoms with Gasteiger partial charge in [-0.25, -0.2) is 4.79 Å². The molecule has 0 radical (unpaired) electrons. The fourth-order valence-electron chi connectivity index (χ4n) is 1.31. The monoisotopic (exact) mass is 208 g/mol. The molecule has 0 amide bonds. The zero-order valence-corrected chi connectivity index (χ0v) is 8.38. The minimum atomic E-state index is -0.165. The molecule has 0 saturated heterocycles. The average molecular weight is 208 g/mol. The van der Waals surface area contributed by atoms with Crippen LogP contribution in [0, 0.1) is 0 Å². The van der Waals surface area contributed by atoms with Crippen LogP contribution >= 0.6 is 0 Å². The van der Waals surface area contributed by atoms with Gasteiger partial charge in [0, 0.05) is 25.7 Å². The Morgan fingerprint density at radius 1 is 1.60 bits per heavy atom. The molecule has 2 heterocycles. The van der Waals surface area contributed by atoms with Crippen molar-refractivity contribution >= 4 is 0 Å². The van der Waals surface area contributed by atoms with Gasteiger partial charge in [0.25, 0.3) is 0 Å². The van der Waals surface area contributed by atoms with Gasteiger partial charge in [0.1, 0.15) is 0 Å². The first kappa shape index (κ1) is 9.72. The van der Waals surface area contributed by atoms with Gasteiger partial charge in [0.2, 0.25) is 0 Å². The molecule has 0 aliphatic carbocycles. The van der Waals surface area contributed by atoms with Crippen molar-refractivity contribution in [2.45, 2.75) is 6.54 Å². The van der Waals surface area contributed by atoms with Gasteiger partial charge in [-0.2, -0.15) is 5.10 Å². The number of H-pyrrole nitrogens is 1. The second-order valence-corrected chi connectivity index (χ2v) is 3.09. The van der Waals surface area contributed by atoms with E-state index in [-0.39, 0.29) is 5.69 Å². The van der Waals surface area contributed by atoms with Gasteiger partial charge < -0.3 is 9.72 Å². The molecule has 80 valence electrons. The largest absolute Gasteiger partial charge is 0.383 e. The van der Waals surface area contributed by atoms with Crippen molar-refractivity contribution in [1.29, 1.82) is 0 Å². The van der Waals surface area contributed by atoms with E-state index in [1.54, 1.807) is 36.6 Å². The average Bonchev–Trinajstić information content (AvgIpc) is 2.83. The van der Waals surface area contributed by atoms with E-state index in [0.29, 0.717) is 13.2 Å². The molecule has 1 N–H and O–H groups in total. The van der Waals surface area contributed by atoms with Crippen LogP contribution in [0.2, 0.25) is 0 Å². The first-order valence-electron chi connectivity index (χ1n) is 4.59. The molecule has 0 atom stereocenters. The van der Waals surface area contributed by atoms with E-state index >= 15 is 0 Å². The van der Waals surface area contributed by atoms with Crippen LogP contribution in [0.5, 0.6) is 0 Å². The summed E-state index contributed by atoms with van der Waals surface area (Å²) in [6, 6.07) is 0. The molecule has 0 bridgehead atoms. The van der Waals surface area contributed by atoms with Gasteiger partial charge in [-0.1, -0.05) is 0 Å². The number of hydrogen-bond acceptors (Lipinski definition) is 3. The van der Waals surface area contributed by atoms with Gasteiger partial charge in [-0.05, 0) is 0 Å². The number of ether oxygens (including phenoxy) is 1. The third kappa shape index (κ3) is 1.99. The molecule has 2 aromatic rings. The lowest BCUT2D eigenvalue weighted by Crippen LogP contribution is -2.13. The molecule has 0 aliphatic rings. The van der Waals surface area contributed by atoms with Crippen LogP contribution in [0.4, 0.5) is 0 Å². The van der Waals surface area contributed by atoms with Crippen molar-refractivity contribution in [2.24, 2.45) is 0 Å². The first-order chi connectivity index (χ1) is 7.31. The summed E-state index contributed by atoms with van der Waals surface area (Å²) in [7, 11) is 1.64. The van der Waals surface area contributed by atoms with Crippen molar-refractivity contribution in [2.75, 3.05) is 13.7 Å². The summed E-state index contributed by atoms with van der Waals surface area (Å²) in [4.78, 5) is 13.9. The Bertz CT molecular complexity index is 482. The number of aromatic nitrogens is 4. The topological polar surface area (TPSA) is 64.8 Å². The van der Waals surface area contributed by atoms with Crippen molar-refractivity contribution < 1.29 is 4.74 Å². The van der Waals surface area contributed by atoms with E-state index in [0.717, 1.165) is 5.69 Å². The Balaban J connectivity index is 2.21. The van der Waals surface area contributed by atoms with Gasteiger partial charge in [-0.3, -0.25) is 9.25 Å². The van der Waals surface area contributed by atoms with Crippen LogP contribution in [-0.2, 0) is 11.3 Å². The first-order valence-corrected chi connectivity index (χ1v) is 4.59. The molecular formula is C9H12N4O2. The fraction of sp³-hybridized carbons (Fsp3) is 0.333. The van der Waals surface area contributed by atoms with Gasteiger partial charge in [0.05, 0.1) is 25.0 Å². The summed E-state index contributed by atoms with van der Waals surface area (Å²) in [6.07, 6.45) is 6.70. The molecule has 0 fully saturated rings. The molecule has 0 aliphatic heterocycles. The third-order valence-corrected chi connectivity index (χ3v) is 2.07. The van der Waals surface area contributed by atoms with Crippen molar-refractivity contribution in [3.63, 3.8) is 0 Å². The summed E-state index contributed by atoms with van der Waals surface area (Å²) in [6.45, 7) is 1.28. The van der Waals surface area contributed by atoms with Crippen molar-refractivity contribution in [1.82, 2.24) is 19.3 Å². The third-order valence-electron chi connectivity index (χ3n) is 2.07. The second-order valence-electron chi connectivity index (χ2n) is 3.09. The highest BCUT2D eigenvalue weighted by atomic mass is 16.5. The molecule has 2 rings (SSSR count). The van der Waals surface area contributed by atoms with E-state index in [1.807, 2.05) is 0 Å². The molecule has 0 aromatic carbocycles. The summed E-state index contributed by atoms with van der Waals surface area (Å²) in [5, 5.41) is 4.11. The summed E-state index contributed by atoms with van der Waals surface area (Å²) >= 11 is 0. The normalized spacial score (nSPS) is 10.7. The van der Waals surface area contributed by atoms with Crippen LogP contribution in [-0.4, -0.2) is 33.0 Å². The van der Waals surface area contributed by atoms with Crippen LogP contribution in [0.1, 0.15) is 0 Å². The van der Waals surface area contributed by atoms with Crippen LogP contribution < -0.4 is 5.69 Å². The Morgan fingerprint density at radius 3 is 3.13 bits per heavy atom. The van der Waals surface area contributed by atoms with Gasteiger partial charge >= 0.3 is 5.69 Å². The van der Waals surface area contributed by atoms with Crippen LogP contribution in [0.3, 0.4) is 0 Å². The second kappa shape index (κ2) is 4.14. The maximum atomic E-state index is 11.3. The Morgan fingerprint density at radius 2 is 2.47 bits per heavy atom. The minimum Gasteiger partial charge on any atom is -0.383 e. The highest BCUT2D eigenvalue weighted by Crippen LogP contribution is 2.01. The highest BCUT2D eigenvalue weighted by Gasteiger charge is 2.02. The van der Waals surface area contributed by atoms with E-state index in [1.165, 1.54) is 4.57 Å². The predicted octanol–water partition coefficient (Wildman–Crippen LogP) is 0.00850. The lowest BCUT2D eigenvalue weighted by molar-refractivity contribution is 0.183. The van der Waals surface area contributed by atoms with Gasteiger partial charge in [-0.15, -0.1) is 0 Å². The van der Waals surface area contributed by atoms with Crippen LogP contribution in [0.25, 0.3) is 5.69 Å². The minimum absolute atomic E-state index is 0.165. The standard InChI is InChI=1S/C9H12N4O2/c1-15-5-4-12-7-8(6-11-12)13-3-2-10-9(13)14/h2-3,6-7H,4-5H2,1H3,(H,10,14). The van der Waals surface area contributed by atoms with Crippen molar-refractivity contribution in [3.8, 4) is 5.69 Å². The fourth-order valence-corrected chi connectivity index (χ4v) is 1.31. The Labute approximate surface area is 86.1 Å². The number of rotatable bonds is 4. The molecule has 2 aromatic heterocycles.